The van der Waals surface area contributed by atoms with Crippen LogP contribution in [0, 0.1) is 5.92 Å². The molecule has 1 saturated heterocycles. The molecule has 10 heteroatoms. The molecule has 1 aliphatic rings. The van der Waals surface area contributed by atoms with E-state index in [2.05, 4.69) is 10.6 Å². The molecule has 1 unspecified atom stereocenters. The minimum Gasteiger partial charge on any atom is -0.326 e. The van der Waals surface area contributed by atoms with Crippen LogP contribution in [-0.4, -0.2) is 50.1 Å². The number of hydrogen-bond acceptors (Lipinski definition) is 5. The zero-order valence-electron chi connectivity index (χ0n) is 20.3. The van der Waals surface area contributed by atoms with Gasteiger partial charge in [-0.05, 0) is 61.4 Å². The molecule has 1 aliphatic heterocycles. The van der Waals surface area contributed by atoms with E-state index >= 15 is 0 Å². The first kappa shape index (κ1) is 26.4. The summed E-state index contributed by atoms with van der Waals surface area (Å²) in [6, 6.07) is 13.0. The number of anilines is 3. The fourth-order valence-corrected chi connectivity index (χ4v) is 5.64. The zero-order valence-corrected chi connectivity index (χ0v) is 21.1. The van der Waals surface area contributed by atoms with Crippen LogP contribution in [-0.2, 0) is 24.4 Å². The van der Waals surface area contributed by atoms with Gasteiger partial charge in [0, 0.05) is 50.0 Å². The number of hydrogen-bond donors (Lipinski definition) is 2. The van der Waals surface area contributed by atoms with E-state index in [9.17, 15) is 22.8 Å². The van der Waals surface area contributed by atoms with Gasteiger partial charge in [0.1, 0.15) is 0 Å². The number of amides is 3. The summed E-state index contributed by atoms with van der Waals surface area (Å²) in [5.41, 5.74) is 1.75. The lowest BCUT2D eigenvalue weighted by Crippen LogP contribution is -2.32. The molecule has 1 heterocycles. The van der Waals surface area contributed by atoms with Gasteiger partial charge in [0.25, 0.3) is 0 Å². The number of nitrogens with one attached hydrogen (secondary N) is 2. The van der Waals surface area contributed by atoms with Crippen LogP contribution >= 0.6 is 0 Å². The molecule has 0 bridgehead atoms. The second-order valence-corrected chi connectivity index (χ2v) is 10.5. The van der Waals surface area contributed by atoms with Crippen LogP contribution in [0.5, 0.6) is 0 Å². The summed E-state index contributed by atoms with van der Waals surface area (Å²) in [6.45, 7) is 6.44. The molecule has 2 aromatic rings. The Balaban J connectivity index is 1.64. The number of carbonyl (C=O) groups excluding carboxylic acids is 3. The van der Waals surface area contributed by atoms with E-state index in [-0.39, 0.29) is 35.6 Å². The molecule has 3 amide bonds. The third kappa shape index (κ3) is 6.46. The molecule has 0 spiro atoms. The normalized spacial score (nSPS) is 15.9. The molecule has 1 atom stereocenters. The molecule has 188 valence electrons. The van der Waals surface area contributed by atoms with Gasteiger partial charge in [-0.1, -0.05) is 13.8 Å². The smallest absolute Gasteiger partial charge is 0.243 e. The number of rotatable bonds is 10. The largest absolute Gasteiger partial charge is 0.326 e. The Morgan fingerprint density at radius 3 is 2.03 bits per heavy atom. The van der Waals surface area contributed by atoms with Gasteiger partial charge in [-0.15, -0.1) is 0 Å². The van der Waals surface area contributed by atoms with E-state index < -0.39 is 15.9 Å². The van der Waals surface area contributed by atoms with Crippen LogP contribution in [0.2, 0.25) is 0 Å². The third-order valence-corrected chi connectivity index (χ3v) is 7.61. The minimum absolute atomic E-state index is 0.0781. The van der Waals surface area contributed by atoms with E-state index in [1.54, 1.807) is 41.3 Å². The summed E-state index contributed by atoms with van der Waals surface area (Å²) in [5, 5.41) is 5.46. The molecular formula is C25H32N4O5S. The van der Waals surface area contributed by atoms with Crippen molar-refractivity contribution in [2.24, 2.45) is 5.92 Å². The number of carbonyl (C=O) groups is 3. The number of sulfonamides is 1. The van der Waals surface area contributed by atoms with Gasteiger partial charge >= 0.3 is 0 Å². The third-order valence-electron chi connectivity index (χ3n) is 5.70. The average molecular weight is 501 g/mol. The van der Waals surface area contributed by atoms with Crippen LogP contribution in [0.1, 0.15) is 40.0 Å². The predicted molar refractivity (Wildman–Crippen MR) is 136 cm³/mol. The SMILES string of the molecule is CCCN(CCC)S(=O)(=O)c1ccc(NC(=O)C2CC(=O)N(c3ccc(NC(C)=O)cc3)C2)cc1. The van der Waals surface area contributed by atoms with Crippen molar-refractivity contribution in [3.63, 3.8) is 0 Å². The van der Waals surface area contributed by atoms with Crippen LogP contribution in [0.3, 0.4) is 0 Å². The molecule has 1 fully saturated rings. The van der Waals surface area contributed by atoms with Crippen molar-refractivity contribution in [3.8, 4) is 0 Å². The summed E-state index contributed by atoms with van der Waals surface area (Å²) in [7, 11) is -3.60. The Morgan fingerprint density at radius 2 is 1.49 bits per heavy atom. The monoisotopic (exact) mass is 500 g/mol. The van der Waals surface area contributed by atoms with Gasteiger partial charge in [0.05, 0.1) is 10.8 Å². The molecule has 9 nitrogen and oxygen atoms in total. The van der Waals surface area contributed by atoms with Crippen LogP contribution in [0.25, 0.3) is 0 Å². The highest BCUT2D eigenvalue weighted by molar-refractivity contribution is 7.89. The van der Waals surface area contributed by atoms with E-state index in [0.717, 1.165) is 12.8 Å². The van der Waals surface area contributed by atoms with Crippen molar-refractivity contribution in [3.05, 3.63) is 48.5 Å². The van der Waals surface area contributed by atoms with Gasteiger partial charge in [-0.25, -0.2) is 8.42 Å². The maximum Gasteiger partial charge on any atom is 0.243 e. The zero-order chi connectivity index (χ0) is 25.6. The average Bonchev–Trinajstić information content (AvgIpc) is 3.21. The van der Waals surface area contributed by atoms with Crippen molar-refractivity contribution in [1.82, 2.24) is 4.31 Å². The van der Waals surface area contributed by atoms with Gasteiger partial charge in [0.2, 0.25) is 27.7 Å². The van der Waals surface area contributed by atoms with Crippen molar-refractivity contribution in [2.45, 2.75) is 44.9 Å². The van der Waals surface area contributed by atoms with Crippen molar-refractivity contribution in [1.29, 1.82) is 0 Å². The van der Waals surface area contributed by atoms with Crippen LogP contribution < -0.4 is 15.5 Å². The summed E-state index contributed by atoms with van der Waals surface area (Å²) in [6.07, 6.45) is 1.53. The first-order chi connectivity index (χ1) is 16.6. The maximum atomic E-state index is 12.9. The molecule has 0 saturated carbocycles. The molecule has 35 heavy (non-hydrogen) atoms. The summed E-state index contributed by atoms with van der Waals surface area (Å²) < 4.78 is 27.3. The highest BCUT2D eigenvalue weighted by atomic mass is 32.2. The van der Waals surface area contributed by atoms with Gasteiger partial charge in [0.15, 0.2) is 0 Å². The molecule has 0 aromatic heterocycles. The summed E-state index contributed by atoms with van der Waals surface area (Å²) >= 11 is 0. The van der Waals surface area contributed by atoms with E-state index in [1.807, 2.05) is 13.8 Å². The van der Waals surface area contributed by atoms with Crippen LogP contribution in [0.15, 0.2) is 53.4 Å². The molecule has 2 N–H and O–H groups in total. The second kappa shape index (κ2) is 11.5. The first-order valence-electron chi connectivity index (χ1n) is 11.7. The van der Waals surface area contributed by atoms with Gasteiger partial charge in [-0.2, -0.15) is 4.31 Å². The Labute approximate surface area is 206 Å². The highest BCUT2D eigenvalue weighted by Crippen LogP contribution is 2.27. The molecule has 0 aliphatic carbocycles. The van der Waals surface area contributed by atoms with E-state index in [1.165, 1.54) is 23.4 Å². The van der Waals surface area contributed by atoms with Crippen molar-refractivity contribution < 1.29 is 22.8 Å². The fraction of sp³-hybridized carbons (Fsp3) is 0.400. The highest BCUT2D eigenvalue weighted by Gasteiger charge is 2.35. The van der Waals surface area contributed by atoms with Crippen molar-refractivity contribution in [2.75, 3.05) is 35.2 Å². The summed E-state index contributed by atoms with van der Waals surface area (Å²) in [4.78, 5) is 38.2. The quantitative estimate of drug-likeness (QED) is 0.518. The second-order valence-electron chi connectivity index (χ2n) is 8.55. The Hall–Kier alpha value is -3.24. The Morgan fingerprint density at radius 1 is 0.943 bits per heavy atom. The number of nitrogens with zero attached hydrogens (tertiary/aromatic N) is 2. The Kier molecular flexibility index (Phi) is 8.63. The lowest BCUT2D eigenvalue weighted by molar-refractivity contribution is -0.122. The first-order valence-corrected chi connectivity index (χ1v) is 13.2. The van der Waals surface area contributed by atoms with Gasteiger partial charge < -0.3 is 15.5 Å². The lowest BCUT2D eigenvalue weighted by Gasteiger charge is -2.21. The van der Waals surface area contributed by atoms with E-state index in [4.69, 9.17) is 0 Å². The Bertz CT molecular complexity index is 1160. The topological polar surface area (TPSA) is 116 Å². The van der Waals surface area contributed by atoms with Gasteiger partial charge in [-0.3, -0.25) is 14.4 Å². The standard InChI is InChI=1S/C25H32N4O5S/c1-4-14-28(15-5-2)35(33,34)23-12-8-21(9-13-23)27-25(32)19-16-24(31)29(17-19)22-10-6-20(7-11-22)26-18(3)30/h6-13,19H,4-5,14-17H2,1-3H3,(H,26,30)(H,27,32). The molecule has 0 radical (unpaired) electrons. The van der Waals surface area contributed by atoms with E-state index in [0.29, 0.717) is 30.2 Å². The lowest BCUT2D eigenvalue weighted by atomic mass is 10.1. The molecule has 3 rings (SSSR count). The van der Waals surface area contributed by atoms with Crippen molar-refractivity contribution >= 4 is 44.8 Å². The minimum atomic E-state index is -3.60. The molecular weight excluding hydrogens is 468 g/mol. The summed E-state index contributed by atoms with van der Waals surface area (Å²) in [5.74, 6) is -1.18. The number of benzene rings is 2. The molecule has 2 aromatic carbocycles. The van der Waals surface area contributed by atoms with Crippen LogP contribution in [0.4, 0.5) is 17.1 Å². The predicted octanol–water partition coefficient (Wildman–Crippen LogP) is 3.45. The maximum absolute atomic E-state index is 12.9. The fourth-order valence-electron chi connectivity index (χ4n) is 4.02.